The van der Waals surface area contributed by atoms with Gasteiger partial charge >= 0.3 is 0 Å². The van der Waals surface area contributed by atoms with E-state index in [9.17, 15) is 4.79 Å². The highest BCUT2D eigenvalue weighted by atomic mass is 16.5. The predicted octanol–water partition coefficient (Wildman–Crippen LogP) is 2.35. The molecule has 1 aromatic heterocycles. The molecule has 3 rings (SSSR count). The van der Waals surface area contributed by atoms with E-state index in [1.165, 1.54) is 0 Å². The molecule has 122 valence electrons. The Bertz CT molecular complexity index is 656. The molecule has 2 heterocycles. The average molecular weight is 314 g/mol. The van der Waals surface area contributed by atoms with E-state index in [1.807, 2.05) is 35.2 Å². The van der Waals surface area contributed by atoms with Crippen LogP contribution in [0.1, 0.15) is 32.2 Å². The van der Waals surface area contributed by atoms with Gasteiger partial charge in [-0.3, -0.25) is 9.69 Å². The van der Waals surface area contributed by atoms with Gasteiger partial charge in [0.2, 0.25) is 17.6 Å². The second-order valence-corrected chi connectivity index (χ2v) is 5.89. The SMILES string of the molecule is CC(=O)N1CCCN(C(C)c2nc(-c3ccccc3)no2)CC1. The van der Waals surface area contributed by atoms with Gasteiger partial charge in [-0.15, -0.1) is 0 Å². The molecular weight excluding hydrogens is 292 g/mol. The maximum Gasteiger partial charge on any atom is 0.244 e. The van der Waals surface area contributed by atoms with Crippen molar-refractivity contribution in [3.63, 3.8) is 0 Å². The molecule has 1 amide bonds. The summed E-state index contributed by atoms with van der Waals surface area (Å²) in [6.45, 7) is 7.02. The number of rotatable bonds is 3. The van der Waals surface area contributed by atoms with E-state index in [2.05, 4.69) is 22.0 Å². The molecule has 1 saturated heterocycles. The normalized spacial score (nSPS) is 17.7. The van der Waals surface area contributed by atoms with Gasteiger partial charge in [-0.05, 0) is 13.3 Å². The number of nitrogens with zero attached hydrogens (tertiary/aromatic N) is 4. The highest BCUT2D eigenvalue weighted by Crippen LogP contribution is 2.23. The van der Waals surface area contributed by atoms with Crippen molar-refractivity contribution < 1.29 is 9.32 Å². The Balaban J connectivity index is 1.70. The molecule has 0 radical (unpaired) electrons. The Labute approximate surface area is 136 Å². The monoisotopic (exact) mass is 314 g/mol. The third-order valence-electron chi connectivity index (χ3n) is 4.35. The summed E-state index contributed by atoms with van der Waals surface area (Å²) in [4.78, 5) is 20.3. The van der Waals surface area contributed by atoms with Crippen molar-refractivity contribution in [2.24, 2.45) is 0 Å². The minimum atomic E-state index is 0.0480. The van der Waals surface area contributed by atoms with Gasteiger partial charge < -0.3 is 9.42 Å². The van der Waals surface area contributed by atoms with Crippen LogP contribution in [0.3, 0.4) is 0 Å². The lowest BCUT2D eigenvalue weighted by Gasteiger charge is -2.24. The van der Waals surface area contributed by atoms with E-state index in [4.69, 9.17) is 4.52 Å². The molecule has 1 aromatic carbocycles. The fourth-order valence-corrected chi connectivity index (χ4v) is 2.91. The van der Waals surface area contributed by atoms with Crippen molar-refractivity contribution in [2.75, 3.05) is 26.2 Å². The number of aromatic nitrogens is 2. The van der Waals surface area contributed by atoms with Crippen LogP contribution in [0.2, 0.25) is 0 Å². The predicted molar refractivity (Wildman–Crippen MR) is 86.6 cm³/mol. The van der Waals surface area contributed by atoms with Gasteiger partial charge in [0, 0.05) is 38.7 Å². The molecule has 1 fully saturated rings. The van der Waals surface area contributed by atoms with E-state index in [0.29, 0.717) is 11.7 Å². The quantitative estimate of drug-likeness (QED) is 0.870. The fraction of sp³-hybridized carbons (Fsp3) is 0.471. The van der Waals surface area contributed by atoms with Gasteiger partial charge in [0.1, 0.15) is 0 Å². The average Bonchev–Trinajstić information content (AvgIpc) is 2.92. The van der Waals surface area contributed by atoms with E-state index in [1.54, 1.807) is 6.92 Å². The largest absolute Gasteiger partial charge is 0.342 e. The molecule has 2 aromatic rings. The smallest absolute Gasteiger partial charge is 0.244 e. The van der Waals surface area contributed by atoms with Crippen LogP contribution >= 0.6 is 0 Å². The van der Waals surface area contributed by atoms with Gasteiger partial charge in [0.05, 0.1) is 6.04 Å². The number of hydrogen-bond acceptors (Lipinski definition) is 5. The van der Waals surface area contributed by atoms with E-state index < -0.39 is 0 Å². The van der Waals surface area contributed by atoms with Crippen LogP contribution in [0, 0.1) is 0 Å². The van der Waals surface area contributed by atoms with Crippen LogP contribution in [0.25, 0.3) is 11.4 Å². The first-order chi connectivity index (χ1) is 11.1. The third kappa shape index (κ3) is 3.59. The Kier molecular flexibility index (Phi) is 4.71. The Hall–Kier alpha value is -2.21. The second kappa shape index (κ2) is 6.91. The standard InChI is InChI=1S/C17H22N4O2/c1-13(20-9-6-10-21(12-11-20)14(2)22)17-18-16(19-23-17)15-7-4-3-5-8-15/h3-5,7-8,13H,6,9-12H2,1-2H3. The highest BCUT2D eigenvalue weighted by Gasteiger charge is 2.25. The summed E-state index contributed by atoms with van der Waals surface area (Å²) in [6.07, 6.45) is 0.962. The van der Waals surface area contributed by atoms with Crippen molar-refractivity contribution >= 4 is 5.91 Å². The molecule has 1 unspecified atom stereocenters. The zero-order chi connectivity index (χ0) is 16.2. The van der Waals surface area contributed by atoms with Crippen molar-refractivity contribution in [1.82, 2.24) is 19.9 Å². The first-order valence-electron chi connectivity index (χ1n) is 8.04. The number of carbonyl (C=O) groups excluding carboxylic acids is 1. The number of hydrogen-bond donors (Lipinski definition) is 0. The summed E-state index contributed by atoms with van der Waals surface area (Å²) >= 11 is 0. The molecule has 0 bridgehead atoms. The molecule has 0 aliphatic carbocycles. The van der Waals surface area contributed by atoms with Crippen LogP contribution in [-0.2, 0) is 4.79 Å². The van der Waals surface area contributed by atoms with Gasteiger partial charge in [0.25, 0.3) is 0 Å². The maximum absolute atomic E-state index is 11.5. The van der Waals surface area contributed by atoms with Gasteiger partial charge in [0.15, 0.2) is 0 Å². The first kappa shape index (κ1) is 15.7. The molecule has 1 atom stereocenters. The molecule has 6 nitrogen and oxygen atoms in total. The molecule has 0 N–H and O–H groups in total. The van der Waals surface area contributed by atoms with Crippen LogP contribution in [-0.4, -0.2) is 52.0 Å². The lowest BCUT2D eigenvalue weighted by atomic mass is 10.2. The number of carbonyl (C=O) groups is 1. The lowest BCUT2D eigenvalue weighted by Crippen LogP contribution is -2.34. The Morgan fingerprint density at radius 2 is 1.96 bits per heavy atom. The topological polar surface area (TPSA) is 62.5 Å². The Morgan fingerprint density at radius 3 is 2.70 bits per heavy atom. The summed E-state index contributed by atoms with van der Waals surface area (Å²) in [7, 11) is 0. The van der Waals surface area contributed by atoms with Crippen molar-refractivity contribution in [3.05, 3.63) is 36.2 Å². The van der Waals surface area contributed by atoms with Crippen LogP contribution < -0.4 is 0 Å². The third-order valence-corrected chi connectivity index (χ3v) is 4.35. The highest BCUT2D eigenvalue weighted by molar-refractivity contribution is 5.73. The molecule has 6 heteroatoms. The summed E-state index contributed by atoms with van der Waals surface area (Å²) < 4.78 is 5.47. The van der Waals surface area contributed by atoms with Crippen LogP contribution in [0.5, 0.6) is 0 Å². The zero-order valence-corrected chi connectivity index (χ0v) is 13.6. The first-order valence-corrected chi connectivity index (χ1v) is 8.04. The van der Waals surface area contributed by atoms with Gasteiger partial charge in [-0.2, -0.15) is 4.98 Å². The molecule has 0 saturated carbocycles. The van der Waals surface area contributed by atoms with E-state index in [0.717, 1.165) is 38.2 Å². The van der Waals surface area contributed by atoms with E-state index in [-0.39, 0.29) is 11.9 Å². The molecule has 23 heavy (non-hydrogen) atoms. The number of benzene rings is 1. The number of amides is 1. The minimum Gasteiger partial charge on any atom is -0.342 e. The summed E-state index contributed by atoms with van der Waals surface area (Å²) in [5, 5.41) is 4.09. The summed E-state index contributed by atoms with van der Waals surface area (Å²) in [5.41, 5.74) is 0.952. The Morgan fingerprint density at radius 1 is 1.17 bits per heavy atom. The molecular formula is C17H22N4O2. The van der Waals surface area contributed by atoms with Crippen molar-refractivity contribution in [2.45, 2.75) is 26.3 Å². The van der Waals surface area contributed by atoms with Gasteiger partial charge in [-0.25, -0.2) is 0 Å². The summed E-state index contributed by atoms with van der Waals surface area (Å²) in [6, 6.07) is 9.86. The minimum absolute atomic E-state index is 0.0480. The van der Waals surface area contributed by atoms with Gasteiger partial charge in [-0.1, -0.05) is 35.5 Å². The lowest BCUT2D eigenvalue weighted by molar-refractivity contribution is -0.128. The van der Waals surface area contributed by atoms with E-state index >= 15 is 0 Å². The fourth-order valence-electron chi connectivity index (χ4n) is 2.91. The van der Waals surface area contributed by atoms with Crippen LogP contribution in [0.15, 0.2) is 34.9 Å². The molecule has 0 spiro atoms. The summed E-state index contributed by atoms with van der Waals surface area (Å²) in [5.74, 6) is 1.39. The zero-order valence-electron chi connectivity index (χ0n) is 13.6. The molecule has 1 aliphatic rings. The maximum atomic E-state index is 11.5. The van der Waals surface area contributed by atoms with Crippen LogP contribution in [0.4, 0.5) is 0 Å². The molecule has 1 aliphatic heterocycles. The van der Waals surface area contributed by atoms with Crippen molar-refractivity contribution in [1.29, 1.82) is 0 Å². The van der Waals surface area contributed by atoms with Crippen molar-refractivity contribution in [3.8, 4) is 11.4 Å². The second-order valence-electron chi connectivity index (χ2n) is 5.89.